The summed E-state index contributed by atoms with van der Waals surface area (Å²) in [5.74, 6) is 0. The number of hydrogen-bond acceptors (Lipinski definition) is 3. The van der Waals surface area contributed by atoms with Gasteiger partial charge in [0.2, 0.25) is 0 Å². The second kappa shape index (κ2) is 5.98. The van der Waals surface area contributed by atoms with Crippen LogP contribution in [-0.2, 0) is 5.41 Å². The third kappa shape index (κ3) is 3.41. The molecule has 0 radical (unpaired) electrons. The lowest BCUT2D eigenvalue weighted by Crippen LogP contribution is -2.20. The second-order valence-electron chi connectivity index (χ2n) is 6.20. The lowest BCUT2D eigenvalue weighted by Gasteiger charge is -2.19. The van der Waals surface area contributed by atoms with Gasteiger partial charge in [0.05, 0.1) is 6.04 Å². The largest absolute Gasteiger partial charge is 0.376 e. The maximum atomic E-state index is 5.97. The van der Waals surface area contributed by atoms with E-state index in [2.05, 4.69) is 69.4 Å². The number of nitrogens with two attached hydrogens (primary N) is 1. The van der Waals surface area contributed by atoms with Crippen LogP contribution in [0.2, 0.25) is 0 Å². The van der Waals surface area contributed by atoms with Crippen molar-refractivity contribution in [2.45, 2.75) is 39.2 Å². The number of anilines is 1. The predicted octanol–water partition coefficient (Wildman–Crippen LogP) is 4.47. The van der Waals surface area contributed by atoms with E-state index < -0.39 is 0 Å². The van der Waals surface area contributed by atoms with Crippen molar-refractivity contribution in [1.29, 1.82) is 0 Å². The Labute approximate surface area is 126 Å². The molecule has 1 heterocycles. The van der Waals surface area contributed by atoms with Crippen molar-refractivity contribution < 1.29 is 0 Å². The number of rotatable bonds is 4. The minimum atomic E-state index is 0.178. The molecule has 0 aliphatic rings. The molecule has 2 nitrogen and oxygen atoms in total. The van der Waals surface area contributed by atoms with E-state index in [1.165, 1.54) is 15.3 Å². The molecule has 1 aromatic heterocycles. The summed E-state index contributed by atoms with van der Waals surface area (Å²) in [7, 11) is 0. The van der Waals surface area contributed by atoms with Gasteiger partial charge < -0.3 is 11.1 Å². The van der Waals surface area contributed by atoms with Crippen LogP contribution in [0.5, 0.6) is 0 Å². The van der Waals surface area contributed by atoms with Crippen LogP contribution in [0.3, 0.4) is 0 Å². The summed E-state index contributed by atoms with van der Waals surface area (Å²) in [4.78, 5) is 2.71. The molecule has 1 atom stereocenters. The van der Waals surface area contributed by atoms with E-state index in [1.54, 1.807) is 0 Å². The van der Waals surface area contributed by atoms with Gasteiger partial charge >= 0.3 is 0 Å². The Bertz CT molecular complexity index is 566. The number of benzene rings is 1. The van der Waals surface area contributed by atoms with Gasteiger partial charge in [-0.1, -0.05) is 39.0 Å². The maximum absolute atomic E-state index is 5.97. The van der Waals surface area contributed by atoms with E-state index in [-0.39, 0.29) is 11.5 Å². The van der Waals surface area contributed by atoms with Crippen molar-refractivity contribution in [3.8, 4) is 0 Å². The molecule has 3 heteroatoms. The Morgan fingerprint density at radius 1 is 1.15 bits per heavy atom. The molecule has 0 spiro atoms. The van der Waals surface area contributed by atoms with Gasteiger partial charge in [-0.25, -0.2) is 0 Å². The molecule has 20 heavy (non-hydrogen) atoms. The highest BCUT2D eigenvalue weighted by molar-refractivity contribution is 7.12. The van der Waals surface area contributed by atoms with E-state index in [0.29, 0.717) is 6.54 Å². The van der Waals surface area contributed by atoms with Gasteiger partial charge in [-0.3, -0.25) is 0 Å². The quantitative estimate of drug-likeness (QED) is 0.871. The summed E-state index contributed by atoms with van der Waals surface area (Å²) in [6.45, 7) is 9.45. The zero-order valence-corrected chi connectivity index (χ0v) is 13.6. The Morgan fingerprint density at radius 3 is 2.40 bits per heavy atom. The molecule has 0 bridgehead atoms. The van der Waals surface area contributed by atoms with E-state index >= 15 is 0 Å². The lowest BCUT2D eigenvalue weighted by molar-refractivity contribution is 0.604. The van der Waals surface area contributed by atoms with Crippen LogP contribution in [0.4, 0.5) is 5.69 Å². The molecular weight excluding hydrogens is 264 g/mol. The van der Waals surface area contributed by atoms with Crippen LogP contribution in [0.25, 0.3) is 0 Å². The van der Waals surface area contributed by atoms with Gasteiger partial charge in [0, 0.05) is 22.0 Å². The lowest BCUT2D eigenvalue weighted by atomic mass is 9.95. The average molecular weight is 288 g/mol. The number of nitrogens with one attached hydrogen (secondary N) is 1. The highest BCUT2D eigenvalue weighted by Gasteiger charge is 2.19. The Morgan fingerprint density at radius 2 is 1.85 bits per heavy atom. The molecule has 2 aromatic rings. The zero-order valence-electron chi connectivity index (χ0n) is 12.7. The average Bonchev–Trinajstić information content (AvgIpc) is 2.87. The molecule has 0 aliphatic heterocycles. The first-order chi connectivity index (χ1) is 9.41. The van der Waals surface area contributed by atoms with Crippen molar-refractivity contribution >= 4 is 17.0 Å². The molecule has 0 fully saturated rings. The third-order valence-corrected chi connectivity index (χ3v) is 5.04. The first-order valence-electron chi connectivity index (χ1n) is 7.04. The van der Waals surface area contributed by atoms with Gasteiger partial charge in [-0.15, -0.1) is 11.3 Å². The Balaban J connectivity index is 2.21. The highest BCUT2D eigenvalue weighted by atomic mass is 32.1. The van der Waals surface area contributed by atoms with E-state index in [0.717, 1.165) is 5.69 Å². The monoisotopic (exact) mass is 288 g/mol. The topological polar surface area (TPSA) is 38.0 Å². The van der Waals surface area contributed by atoms with Gasteiger partial charge in [-0.2, -0.15) is 0 Å². The van der Waals surface area contributed by atoms with Gasteiger partial charge in [0.15, 0.2) is 0 Å². The summed E-state index contributed by atoms with van der Waals surface area (Å²) in [5.41, 5.74) is 8.57. The minimum absolute atomic E-state index is 0.178. The smallest absolute Gasteiger partial charge is 0.0728 e. The van der Waals surface area contributed by atoms with Crippen LogP contribution < -0.4 is 11.1 Å². The summed E-state index contributed by atoms with van der Waals surface area (Å²) in [6, 6.07) is 12.9. The molecule has 0 aliphatic carbocycles. The van der Waals surface area contributed by atoms with Crippen LogP contribution in [0, 0.1) is 6.92 Å². The molecular formula is C17H24N2S. The zero-order chi connectivity index (χ0) is 14.8. The van der Waals surface area contributed by atoms with Crippen molar-refractivity contribution in [3.63, 3.8) is 0 Å². The molecule has 0 saturated heterocycles. The van der Waals surface area contributed by atoms with Crippen molar-refractivity contribution in [1.82, 2.24) is 0 Å². The predicted molar refractivity (Wildman–Crippen MR) is 89.6 cm³/mol. The number of hydrogen-bond donors (Lipinski definition) is 2. The Hall–Kier alpha value is -1.32. The molecule has 0 saturated carbocycles. The Kier molecular flexibility index (Phi) is 4.51. The second-order valence-corrected chi connectivity index (χ2v) is 7.31. The van der Waals surface area contributed by atoms with E-state index in [4.69, 9.17) is 5.73 Å². The fourth-order valence-corrected chi connectivity index (χ4v) is 3.24. The first kappa shape index (κ1) is 15.1. The van der Waals surface area contributed by atoms with Crippen molar-refractivity contribution in [3.05, 3.63) is 51.7 Å². The number of aryl methyl sites for hydroxylation is 1. The van der Waals surface area contributed by atoms with Crippen molar-refractivity contribution in [2.24, 2.45) is 5.73 Å². The maximum Gasteiger partial charge on any atom is 0.0728 e. The van der Waals surface area contributed by atoms with E-state index in [1.807, 2.05) is 11.3 Å². The van der Waals surface area contributed by atoms with E-state index in [9.17, 15) is 0 Å². The number of thiophene rings is 1. The third-order valence-electron chi connectivity index (χ3n) is 3.42. The summed E-state index contributed by atoms with van der Waals surface area (Å²) >= 11 is 1.86. The normalized spacial score (nSPS) is 13.2. The van der Waals surface area contributed by atoms with Gasteiger partial charge in [0.25, 0.3) is 0 Å². The SMILES string of the molecule is Cc1ccccc1NC(CN)c1ccc(C(C)(C)C)s1. The fourth-order valence-electron chi connectivity index (χ4n) is 2.11. The molecule has 2 rings (SSSR count). The van der Waals surface area contributed by atoms with Crippen LogP contribution >= 0.6 is 11.3 Å². The molecule has 0 amide bonds. The highest BCUT2D eigenvalue weighted by Crippen LogP contribution is 2.33. The minimum Gasteiger partial charge on any atom is -0.376 e. The molecule has 1 unspecified atom stereocenters. The number of para-hydroxylation sites is 1. The van der Waals surface area contributed by atoms with Crippen LogP contribution in [0.1, 0.15) is 42.1 Å². The summed E-state index contributed by atoms with van der Waals surface area (Å²) < 4.78 is 0. The standard InChI is InChI=1S/C17H24N2S/c1-12-7-5-6-8-13(12)19-14(11-18)15-9-10-16(20-15)17(2,3)4/h5-10,14,19H,11,18H2,1-4H3. The molecule has 1 aromatic carbocycles. The first-order valence-corrected chi connectivity index (χ1v) is 7.86. The van der Waals surface area contributed by atoms with Crippen LogP contribution in [0.15, 0.2) is 36.4 Å². The van der Waals surface area contributed by atoms with Crippen molar-refractivity contribution in [2.75, 3.05) is 11.9 Å². The fraction of sp³-hybridized carbons (Fsp3) is 0.412. The molecule has 3 N–H and O–H groups in total. The van der Waals surface area contributed by atoms with Crippen LogP contribution in [-0.4, -0.2) is 6.54 Å². The molecule has 108 valence electrons. The summed E-state index contributed by atoms with van der Waals surface area (Å²) in [6.07, 6.45) is 0. The van der Waals surface area contributed by atoms with Gasteiger partial charge in [-0.05, 0) is 36.1 Å². The van der Waals surface area contributed by atoms with Gasteiger partial charge in [0.1, 0.15) is 0 Å². The summed E-state index contributed by atoms with van der Waals surface area (Å²) in [5, 5.41) is 3.56.